The van der Waals surface area contributed by atoms with Crippen molar-refractivity contribution in [2.75, 3.05) is 18.0 Å². The molecule has 0 spiro atoms. The lowest BCUT2D eigenvalue weighted by molar-refractivity contribution is 0.432. The Balaban J connectivity index is 1.54. The number of hydrogen-bond donors (Lipinski definition) is 0. The van der Waals surface area contributed by atoms with E-state index in [0.29, 0.717) is 17.3 Å². The van der Waals surface area contributed by atoms with Crippen molar-refractivity contribution in [3.8, 4) is 28.9 Å². The summed E-state index contributed by atoms with van der Waals surface area (Å²) < 4.78 is 5.37. The Hall–Kier alpha value is -3.13. The zero-order valence-electron chi connectivity index (χ0n) is 13.9. The number of nitrogens with zero attached hydrogens (tertiary/aromatic N) is 4. The van der Waals surface area contributed by atoms with Gasteiger partial charge < -0.3 is 9.42 Å². The van der Waals surface area contributed by atoms with Crippen molar-refractivity contribution in [2.45, 2.75) is 19.3 Å². The second-order valence-corrected chi connectivity index (χ2v) is 6.21. The SMILES string of the molecule is N#Cc1ccc(-c2nc(-c3ccc(N4CCCCC4)cc3)no2)cc1. The fraction of sp³-hybridized carbons (Fsp3) is 0.250. The molecule has 2 aromatic carbocycles. The first kappa shape index (κ1) is 15.4. The molecule has 5 heteroatoms. The maximum absolute atomic E-state index is 8.86. The molecule has 25 heavy (non-hydrogen) atoms. The second-order valence-electron chi connectivity index (χ2n) is 6.21. The van der Waals surface area contributed by atoms with Gasteiger partial charge in [0.05, 0.1) is 11.6 Å². The van der Waals surface area contributed by atoms with Gasteiger partial charge in [-0.1, -0.05) is 5.16 Å². The van der Waals surface area contributed by atoms with Gasteiger partial charge in [0.25, 0.3) is 5.89 Å². The molecule has 1 saturated heterocycles. The van der Waals surface area contributed by atoms with Crippen LogP contribution in [0.4, 0.5) is 5.69 Å². The van der Waals surface area contributed by atoms with Gasteiger partial charge in [-0.15, -0.1) is 0 Å². The minimum absolute atomic E-state index is 0.458. The van der Waals surface area contributed by atoms with Crippen LogP contribution in [0.1, 0.15) is 24.8 Å². The third-order valence-electron chi connectivity index (χ3n) is 4.53. The quantitative estimate of drug-likeness (QED) is 0.717. The highest BCUT2D eigenvalue weighted by Crippen LogP contribution is 2.26. The first-order valence-corrected chi connectivity index (χ1v) is 8.53. The molecule has 4 rings (SSSR count). The molecule has 0 unspecified atom stereocenters. The molecule has 0 bridgehead atoms. The Morgan fingerprint density at radius 3 is 2.24 bits per heavy atom. The van der Waals surface area contributed by atoms with Crippen LogP contribution in [0, 0.1) is 11.3 Å². The molecule has 2 heterocycles. The highest BCUT2D eigenvalue weighted by atomic mass is 16.5. The van der Waals surface area contributed by atoms with Crippen LogP contribution in [-0.2, 0) is 0 Å². The Morgan fingerprint density at radius 2 is 1.56 bits per heavy atom. The Kier molecular flexibility index (Phi) is 4.17. The minimum atomic E-state index is 0.458. The van der Waals surface area contributed by atoms with Crippen molar-refractivity contribution in [1.29, 1.82) is 5.26 Å². The monoisotopic (exact) mass is 330 g/mol. The van der Waals surface area contributed by atoms with Gasteiger partial charge in [-0.2, -0.15) is 10.2 Å². The Bertz CT molecular complexity index is 885. The third-order valence-corrected chi connectivity index (χ3v) is 4.53. The third kappa shape index (κ3) is 3.24. The van der Waals surface area contributed by atoms with Gasteiger partial charge in [0.1, 0.15) is 0 Å². The summed E-state index contributed by atoms with van der Waals surface area (Å²) in [4.78, 5) is 6.90. The molecule has 0 atom stereocenters. The van der Waals surface area contributed by atoms with Gasteiger partial charge in [-0.05, 0) is 67.8 Å². The molecule has 0 amide bonds. The molecular formula is C20H18N4O. The first-order chi connectivity index (χ1) is 12.3. The fourth-order valence-electron chi connectivity index (χ4n) is 3.12. The van der Waals surface area contributed by atoms with Crippen LogP contribution in [0.25, 0.3) is 22.8 Å². The topological polar surface area (TPSA) is 66.0 Å². The summed E-state index contributed by atoms with van der Waals surface area (Å²) in [6.07, 6.45) is 3.86. The van der Waals surface area contributed by atoms with Crippen molar-refractivity contribution in [2.24, 2.45) is 0 Å². The highest BCUT2D eigenvalue weighted by Gasteiger charge is 2.13. The summed E-state index contributed by atoms with van der Waals surface area (Å²) in [6, 6.07) is 17.5. The number of aromatic nitrogens is 2. The van der Waals surface area contributed by atoms with Gasteiger partial charge in [0.2, 0.25) is 5.82 Å². The largest absolute Gasteiger partial charge is 0.372 e. The molecule has 0 saturated carbocycles. The molecule has 0 N–H and O–H groups in total. The predicted octanol–water partition coefficient (Wildman–Crippen LogP) is 4.27. The summed E-state index contributed by atoms with van der Waals surface area (Å²) in [6.45, 7) is 2.26. The van der Waals surface area contributed by atoms with Crippen molar-refractivity contribution < 1.29 is 4.52 Å². The normalized spacial score (nSPS) is 14.3. The summed E-state index contributed by atoms with van der Waals surface area (Å²) in [7, 11) is 0. The van der Waals surface area contributed by atoms with Gasteiger partial charge in [0, 0.05) is 29.9 Å². The van der Waals surface area contributed by atoms with Crippen LogP contribution in [0.2, 0.25) is 0 Å². The van der Waals surface area contributed by atoms with E-state index >= 15 is 0 Å². The average molecular weight is 330 g/mol. The minimum Gasteiger partial charge on any atom is -0.372 e. The van der Waals surface area contributed by atoms with E-state index in [4.69, 9.17) is 9.78 Å². The number of piperidine rings is 1. The lowest BCUT2D eigenvalue weighted by Gasteiger charge is -2.28. The van der Waals surface area contributed by atoms with E-state index in [-0.39, 0.29) is 0 Å². The van der Waals surface area contributed by atoms with E-state index in [0.717, 1.165) is 24.2 Å². The number of anilines is 1. The average Bonchev–Trinajstić information content (AvgIpc) is 3.19. The van der Waals surface area contributed by atoms with E-state index < -0.39 is 0 Å². The second kappa shape index (κ2) is 6.78. The summed E-state index contributed by atoms with van der Waals surface area (Å²) >= 11 is 0. The molecule has 1 aromatic heterocycles. The number of nitriles is 1. The van der Waals surface area contributed by atoms with Crippen molar-refractivity contribution >= 4 is 5.69 Å². The number of rotatable bonds is 3. The van der Waals surface area contributed by atoms with Crippen LogP contribution in [0.5, 0.6) is 0 Å². The highest BCUT2D eigenvalue weighted by molar-refractivity contribution is 5.63. The van der Waals surface area contributed by atoms with E-state index in [9.17, 15) is 0 Å². The van der Waals surface area contributed by atoms with Crippen LogP contribution >= 0.6 is 0 Å². The molecule has 1 aliphatic heterocycles. The number of benzene rings is 2. The molecule has 3 aromatic rings. The van der Waals surface area contributed by atoms with Gasteiger partial charge in [0.15, 0.2) is 0 Å². The van der Waals surface area contributed by atoms with Crippen molar-refractivity contribution in [3.63, 3.8) is 0 Å². The van der Waals surface area contributed by atoms with E-state index in [1.165, 1.54) is 24.9 Å². The lowest BCUT2D eigenvalue weighted by atomic mass is 10.1. The van der Waals surface area contributed by atoms with E-state index in [2.05, 4.69) is 33.2 Å². The summed E-state index contributed by atoms with van der Waals surface area (Å²) in [5.41, 5.74) is 3.60. The van der Waals surface area contributed by atoms with Crippen molar-refractivity contribution in [1.82, 2.24) is 10.1 Å². The summed E-state index contributed by atoms with van der Waals surface area (Å²) in [5, 5.41) is 12.9. The molecule has 0 radical (unpaired) electrons. The zero-order chi connectivity index (χ0) is 17.1. The Labute approximate surface area is 146 Å². The zero-order valence-corrected chi connectivity index (χ0v) is 13.9. The molecular weight excluding hydrogens is 312 g/mol. The molecule has 1 aliphatic rings. The predicted molar refractivity (Wildman–Crippen MR) is 95.9 cm³/mol. The smallest absolute Gasteiger partial charge is 0.258 e. The fourth-order valence-corrected chi connectivity index (χ4v) is 3.12. The molecule has 0 aliphatic carbocycles. The summed E-state index contributed by atoms with van der Waals surface area (Å²) in [5.74, 6) is 1.03. The first-order valence-electron chi connectivity index (χ1n) is 8.53. The molecule has 1 fully saturated rings. The van der Waals surface area contributed by atoms with Gasteiger partial charge >= 0.3 is 0 Å². The van der Waals surface area contributed by atoms with Crippen LogP contribution in [0.3, 0.4) is 0 Å². The van der Waals surface area contributed by atoms with Gasteiger partial charge in [-0.25, -0.2) is 0 Å². The van der Waals surface area contributed by atoms with Crippen LogP contribution in [0.15, 0.2) is 53.1 Å². The van der Waals surface area contributed by atoms with Crippen LogP contribution in [-0.4, -0.2) is 23.2 Å². The van der Waals surface area contributed by atoms with E-state index in [1.807, 2.05) is 24.3 Å². The van der Waals surface area contributed by atoms with Crippen molar-refractivity contribution in [3.05, 3.63) is 54.1 Å². The maximum Gasteiger partial charge on any atom is 0.258 e. The standard InChI is InChI=1S/C20H18N4O/c21-14-15-4-6-17(7-5-15)20-22-19(23-25-20)16-8-10-18(11-9-16)24-12-2-1-3-13-24/h4-11H,1-3,12-13H2. The lowest BCUT2D eigenvalue weighted by Crippen LogP contribution is -2.29. The molecule has 5 nitrogen and oxygen atoms in total. The van der Waals surface area contributed by atoms with Gasteiger partial charge in [-0.3, -0.25) is 0 Å². The van der Waals surface area contributed by atoms with E-state index in [1.54, 1.807) is 12.1 Å². The van der Waals surface area contributed by atoms with Crippen LogP contribution < -0.4 is 4.90 Å². The Morgan fingerprint density at radius 1 is 0.880 bits per heavy atom. The maximum atomic E-state index is 8.86. The number of hydrogen-bond acceptors (Lipinski definition) is 5. The molecule has 124 valence electrons.